The third-order valence-corrected chi connectivity index (χ3v) is 7.38. The van der Waals surface area contributed by atoms with E-state index in [9.17, 15) is 19.4 Å². The van der Waals surface area contributed by atoms with E-state index in [4.69, 9.17) is 9.47 Å². The molecule has 1 aliphatic heterocycles. The van der Waals surface area contributed by atoms with E-state index in [-0.39, 0.29) is 23.4 Å². The highest BCUT2D eigenvalue weighted by atomic mass is 19.1. The number of aryl methyl sites for hydroxylation is 1. The zero-order chi connectivity index (χ0) is 23.3. The predicted molar refractivity (Wildman–Crippen MR) is 122 cm³/mol. The number of phenolic OH excluding ortho intramolecular Hbond substituents is 1. The average molecular weight is 454 g/mol. The van der Waals surface area contributed by atoms with Gasteiger partial charge in [0.2, 0.25) is 0 Å². The molecule has 0 radical (unpaired) electrons. The largest absolute Gasteiger partial charge is 0.508 e. The number of ether oxygens (including phenoxy) is 2. The van der Waals surface area contributed by atoms with Crippen molar-refractivity contribution < 1.29 is 28.9 Å². The van der Waals surface area contributed by atoms with Crippen LogP contribution in [0.2, 0.25) is 0 Å². The van der Waals surface area contributed by atoms with Gasteiger partial charge in [-0.2, -0.15) is 0 Å². The van der Waals surface area contributed by atoms with Crippen LogP contribution in [0.5, 0.6) is 5.75 Å². The number of hydrogen-bond donors (Lipinski definition) is 2. The van der Waals surface area contributed by atoms with Gasteiger partial charge in [0, 0.05) is 43.0 Å². The van der Waals surface area contributed by atoms with Crippen LogP contribution >= 0.6 is 0 Å². The van der Waals surface area contributed by atoms with Gasteiger partial charge in [-0.05, 0) is 86.1 Å². The summed E-state index contributed by atoms with van der Waals surface area (Å²) in [5, 5.41) is 21.0. The summed E-state index contributed by atoms with van der Waals surface area (Å²) in [7, 11) is 1.44. The Morgan fingerprint density at radius 2 is 1.88 bits per heavy atom. The van der Waals surface area contributed by atoms with Gasteiger partial charge in [0.05, 0.1) is 5.52 Å². The lowest BCUT2D eigenvalue weighted by Gasteiger charge is -2.44. The zero-order valence-corrected chi connectivity index (χ0v) is 18.8. The molecule has 2 fully saturated rings. The van der Waals surface area contributed by atoms with Gasteiger partial charge >= 0.3 is 5.97 Å². The summed E-state index contributed by atoms with van der Waals surface area (Å²) < 4.78 is 27.3. The molecule has 6 nitrogen and oxygen atoms in total. The van der Waals surface area contributed by atoms with E-state index >= 15 is 0 Å². The monoisotopic (exact) mass is 453 g/mol. The molecule has 2 aromatic carbocycles. The summed E-state index contributed by atoms with van der Waals surface area (Å²) in [4.78, 5) is 11.9. The number of aromatic hydroxyl groups is 1. The van der Waals surface area contributed by atoms with Crippen molar-refractivity contribution in [3.8, 4) is 11.4 Å². The summed E-state index contributed by atoms with van der Waals surface area (Å²) in [5.41, 5.74) is 3.30. The first-order valence-corrected chi connectivity index (χ1v) is 11.3. The lowest BCUT2D eigenvalue weighted by Crippen LogP contribution is -2.51. The molecule has 7 heteroatoms. The second-order valence-corrected chi connectivity index (χ2v) is 9.26. The van der Waals surface area contributed by atoms with Gasteiger partial charge in [-0.3, -0.25) is 0 Å². The molecule has 1 saturated heterocycles. The molecule has 1 saturated carbocycles. The molecule has 1 aromatic heterocycles. The van der Waals surface area contributed by atoms with Crippen molar-refractivity contribution in [2.24, 2.45) is 0 Å². The first-order valence-electron chi connectivity index (χ1n) is 11.3. The number of carbonyl (C=O) groups is 1. The fraction of sp³-hybridized carbons (Fsp3) is 0.423. The number of benzene rings is 2. The lowest BCUT2D eigenvalue weighted by molar-refractivity contribution is -0.175. The molecular formula is C26H28FNO5. The SMILES string of the molecule is CO[C@]1(C(=O)O)C[C@H](c2c(C3CCOCC3)n(-c3ccc(F)c(C)c3)c3ccc(O)cc32)C1. The highest BCUT2D eigenvalue weighted by molar-refractivity contribution is 5.90. The van der Waals surface area contributed by atoms with Crippen molar-refractivity contribution in [1.29, 1.82) is 0 Å². The van der Waals surface area contributed by atoms with E-state index in [0.29, 0.717) is 31.6 Å². The quantitative estimate of drug-likeness (QED) is 0.567. The topological polar surface area (TPSA) is 80.9 Å². The standard InChI is InChI=1S/C26H28FNO5/c1-15-11-18(3-5-21(15)27)28-22-6-4-19(29)12-20(22)23(24(28)16-7-9-33-10-8-16)17-13-26(14-17,32-2)25(30)31/h3-6,11-12,16-17,29H,7-10,13-14H2,1-2H3,(H,30,31)/t17-,26+. The second kappa shape index (κ2) is 8.15. The van der Waals surface area contributed by atoms with Crippen molar-refractivity contribution in [3.05, 3.63) is 59.0 Å². The molecule has 0 spiro atoms. The van der Waals surface area contributed by atoms with Crippen molar-refractivity contribution in [3.63, 3.8) is 0 Å². The van der Waals surface area contributed by atoms with Crippen LogP contribution in [0, 0.1) is 12.7 Å². The van der Waals surface area contributed by atoms with Crippen molar-refractivity contribution in [2.75, 3.05) is 20.3 Å². The number of carboxylic acids is 1. The molecule has 2 heterocycles. The number of carboxylic acid groups (broad SMARTS) is 1. The Hall–Kier alpha value is -2.90. The summed E-state index contributed by atoms with van der Waals surface area (Å²) in [6.45, 7) is 3.05. The van der Waals surface area contributed by atoms with E-state index in [0.717, 1.165) is 40.7 Å². The fourth-order valence-electron chi connectivity index (χ4n) is 5.54. The van der Waals surface area contributed by atoms with Crippen LogP contribution < -0.4 is 0 Å². The summed E-state index contributed by atoms with van der Waals surface area (Å²) in [6.07, 6.45) is 2.42. The third kappa shape index (κ3) is 3.50. The number of phenols is 1. The van der Waals surface area contributed by atoms with E-state index in [1.54, 1.807) is 25.1 Å². The number of halogens is 1. The molecular weight excluding hydrogens is 425 g/mol. The predicted octanol–water partition coefficient (Wildman–Crippen LogP) is 5.02. The first kappa shape index (κ1) is 21.9. The number of fused-ring (bicyclic) bond motifs is 1. The van der Waals surface area contributed by atoms with Crippen molar-refractivity contribution >= 4 is 16.9 Å². The average Bonchev–Trinajstić information content (AvgIpc) is 3.10. The minimum atomic E-state index is -1.19. The minimum Gasteiger partial charge on any atom is -0.508 e. The molecule has 3 aromatic rings. The Labute approximate surface area is 191 Å². The number of rotatable bonds is 5. The van der Waals surface area contributed by atoms with Gasteiger partial charge in [0.25, 0.3) is 0 Å². The van der Waals surface area contributed by atoms with Gasteiger partial charge in [-0.15, -0.1) is 0 Å². The molecule has 0 atom stereocenters. The summed E-state index contributed by atoms with van der Waals surface area (Å²) in [5.74, 6) is -0.868. The van der Waals surface area contributed by atoms with Crippen LogP contribution in [0.15, 0.2) is 36.4 Å². The van der Waals surface area contributed by atoms with Crippen LogP contribution in [0.25, 0.3) is 16.6 Å². The Morgan fingerprint density at radius 1 is 1.15 bits per heavy atom. The summed E-state index contributed by atoms with van der Waals surface area (Å²) >= 11 is 0. The molecule has 2 aliphatic rings. The van der Waals surface area contributed by atoms with Crippen LogP contribution in [0.1, 0.15) is 54.3 Å². The fourth-order valence-corrected chi connectivity index (χ4v) is 5.54. The maximum absolute atomic E-state index is 14.1. The Morgan fingerprint density at radius 3 is 2.52 bits per heavy atom. The molecule has 174 valence electrons. The number of nitrogens with zero attached hydrogens (tertiary/aromatic N) is 1. The molecule has 2 N–H and O–H groups in total. The molecule has 0 bridgehead atoms. The Bertz CT molecular complexity index is 1220. The van der Waals surface area contributed by atoms with Crippen LogP contribution in [-0.4, -0.2) is 46.7 Å². The highest BCUT2D eigenvalue weighted by Crippen LogP contribution is 2.53. The summed E-state index contributed by atoms with van der Waals surface area (Å²) in [6, 6.07) is 10.4. The molecule has 5 rings (SSSR count). The second-order valence-electron chi connectivity index (χ2n) is 9.26. The van der Waals surface area contributed by atoms with Gasteiger partial charge < -0.3 is 24.3 Å². The van der Waals surface area contributed by atoms with Gasteiger partial charge in [-0.1, -0.05) is 0 Å². The van der Waals surface area contributed by atoms with Crippen molar-refractivity contribution in [1.82, 2.24) is 4.57 Å². The van der Waals surface area contributed by atoms with E-state index in [1.165, 1.54) is 13.2 Å². The normalized spacial score (nSPS) is 23.5. The zero-order valence-electron chi connectivity index (χ0n) is 18.8. The molecule has 1 aliphatic carbocycles. The van der Waals surface area contributed by atoms with Crippen LogP contribution in [0.4, 0.5) is 4.39 Å². The smallest absolute Gasteiger partial charge is 0.335 e. The molecule has 0 amide bonds. The Balaban J connectivity index is 1.75. The maximum atomic E-state index is 14.1. The van der Waals surface area contributed by atoms with Gasteiger partial charge in [0.1, 0.15) is 11.6 Å². The number of hydrogen-bond acceptors (Lipinski definition) is 4. The number of aromatic nitrogens is 1. The van der Waals surface area contributed by atoms with Crippen LogP contribution in [0.3, 0.4) is 0 Å². The van der Waals surface area contributed by atoms with Gasteiger partial charge in [0.15, 0.2) is 5.60 Å². The Kier molecular flexibility index (Phi) is 5.41. The minimum absolute atomic E-state index is 0.0222. The third-order valence-electron chi connectivity index (χ3n) is 7.38. The van der Waals surface area contributed by atoms with E-state index < -0.39 is 11.6 Å². The number of aliphatic carboxylic acids is 1. The van der Waals surface area contributed by atoms with Crippen LogP contribution in [-0.2, 0) is 14.3 Å². The van der Waals surface area contributed by atoms with E-state index in [1.807, 2.05) is 12.1 Å². The number of methoxy groups -OCH3 is 1. The molecule has 0 unspecified atom stereocenters. The maximum Gasteiger partial charge on any atom is 0.335 e. The van der Waals surface area contributed by atoms with E-state index in [2.05, 4.69) is 4.57 Å². The first-order chi connectivity index (χ1) is 15.8. The lowest BCUT2D eigenvalue weighted by atomic mass is 9.66. The van der Waals surface area contributed by atoms with Crippen molar-refractivity contribution in [2.45, 2.75) is 50.0 Å². The van der Waals surface area contributed by atoms with Gasteiger partial charge in [-0.25, -0.2) is 9.18 Å². The highest BCUT2D eigenvalue weighted by Gasteiger charge is 2.53. The molecule has 33 heavy (non-hydrogen) atoms.